The van der Waals surface area contributed by atoms with Crippen molar-refractivity contribution < 1.29 is 13.2 Å². The van der Waals surface area contributed by atoms with Crippen molar-refractivity contribution in [3.05, 3.63) is 53.7 Å². The first-order valence-electron chi connectivity index (χ1n) is 8.09. The average molecular weight is 370 g/mol. The third-order valence-electron chi connectivity index (χ3n) is 4.40. The number of hydrogen-bond donors (Lipinski definition) is 1. The summed E-state index contributed by atoms with van der Waals surface area (Å²) in [4.78, 5) is 18.2. The van der Waals surface area contributed by atoms with Crippen molar-refractivity contribution in [1.82, 2.24) is 9.88 Å². The summed E-state index contributed by atoms with van der Waals surface area (Å²) in [5.74, 6) is 0.376. The quantitative estimate of drug-likeness (QED) is 0.882. The summed E-state index contributed by atoms with van der Waals surface area (Å²) < 4.78 is 23.2. The van der Waals surface area contributed by atoms with Gasteiger partial charge in [0.25, 0.3) is 5.91 Å². The molecule has 0 bridgehead atoms. The molecule has 1 amide bonds. The summed E-state index contributed by atoms with van der Waals surface area (Å²) in [7, 11) is -1.44. The molecule has 1 aromatic carbocycles. The lowest BCUT2D eigenvalue weighted by Gasteiger charge is -2.23. The Labute approximate surface area is 152 Å². The number of nitrogens with one attached hydrogen (secondary N) is 1. The van der Waals surface area contributed by atoms with E-state index in [4.69, 9.17) is 5.26 Å². The molecule has 7 nitrogen and oxygen atoms in total. The van der Waals surface area contributed by atoms with Crippen molar-refractivity contribution in [2.45, 2.75) is 12.5 Å². The second-order valence-corrected chi connectivity index (χ2v) is 8.42. The fourth-order valence-electron chi connectivity index (χ4n) is 2.87. The van der Waals surface area contributed by atoms with Gasteiger partial charge in [-0.3, -0.25) is 4.79 Å². The molecule has 2 aromatic rings. The van der Waals surface area contributed by atoms with Gasteiger partial charge in [-0.1, -0.05) is 12.1 Å². The Kier molecular flexibility index (Phi) is 4.91. The van der Waals surface area contributed by atoms with E-state index >= 15 is 0 Å². The van der Waals surface area contributed by atoms with E-state index in [1.807, 2.05) is 6.07 Å². The zero-order valence-corrected chi connectivity index (χ0v) is 15.0. The van der Waals surface area contributed by atoms with Gasteiger partial charge in [0.05, 0.1) is 28.3 Å². The number of amides is 1. The number of rotatable bonds is 4. The highest BCUT2D eigenvalue weighted by Crippen LogP contribution is 2.21. The van der Waals surface area contributed by atoms with Crippen molar-refractivity contribution in [2.24, 2.45) is 0 Å². The average Bonchev–Trinajstić information content (AvgIpc) is 3.01. The minimum atomic E-state index is -3.05. The lowest BCUT2D eigenvalue weighted by atomic mass is 10.2. The molecule has 26 heavy (non-hydrogen) atoms. The number of pyridine rings is 1. The lowest BCUT2D eigenvalue weighted by molar-refractivity contribution is 0.0747. The van der Waals surface area contributed by atoms with Crippen LogP contribution in [0.25, 0.3) is 0 Å². The molecule has 1 aliphatic heterocycles. The van der Waals surface area contributed by atoms with E-state index in [1.54, 1.807) is 37.4 Å². The number of carbonyl (C=O) groups is 1. The van der Waals surface area contributed by atoms with Gasteiger partial charge in [-0.05, 0) is 30.7 Å². The molecule has 1 atom stereocenters. The van der Waals surface area contributed by atoms with Crippen molar-refractivity contribution in [3.8, 4) is 6.07 Å². The van der Waals surface area contributed by atoms with Crippen LogP contribution < -0.4 is 5.32 Å². The first-order valence-corrected chi connectivity index (χ1v) is 9.91. The number of carbonyl (C=O) groups excluding carboxylic acids is 1. The van der Waals surface area contributed by atoms with Crippen LogP contribution in [-0.2, 0) is 9.84 Å². The maximum Gasteiger partial charge on any atom is 0.255 e. The summed E-state index contributed by atoms with van der Waals surface area (Å²) in [6.45, 7) is 0. The highest BCUT2D eigenvalue weighted by atomic mass is 32.2. The zero-order valence-electron chi connectivity index (χ0n) is 14.2. The second kappa shape index (κ2) is 7.14. The van der Waals surface area contributed by atoms with Gasteiger partial charge in [0.1, 0.15) is 11.9 Å². The predicted molar refractivity (Wildman–Crippen MR) is 97.8 cm³/mol. The van der Waals surface area contributed by atoms with Crippen molar-refractivity contribution >= 4 is 27.2 Å². The summed E-state index contributed by atoms with van der Waals surface area (Å²) in [6.07, 6.45) is 1.90. The predicted octanol–water partition coefficient (Wildman–Crippen LogP) is 1.96. The first kappa shape index (κ1) is 17.9. The molecule has 0 spiro atoms. The van der Waals surface area contributed by atoms with E-state index in [-0.39, 0.29) is 23.5 Å². The number of sulfone groups is 1. The number of anilines is 2. The SMILES string of the molecule is CN(C(=O)c1ccc(Nc2ccccc2C#N)nc1)C1CCS(=O)(=O)C1. The van der Waals surface area contributed by atoms with Crippen LogP contribution in [0.3, 0.4) is 0 Å². The van der Waals surface area contributed by atoms with E-state index in [9.17, 15) is 13.2 Å². The molecule has 1 saturated heterocycles. The highest BCUT2D eigenvalue weighted by molar-refractivity contribution is 7.91. The molecule has 134 valence electrons. The van der Waals surface area contributed by atoms with E-state index < -0.39 is 9.84 Å². The third kappa shape index (κ3) is 3.83. The van der Waals surface area contributed by atoms with Gasteiger partial charge in [-0.25, -0.2) is 13.4 Å². The van der Waals surface area contributed by atoms with Crippen molar-refractivity contribution in [1.29, 1.82) is 5.26 Å². The van der Waals surface area contributed by atoms with Crippen LogP contribution >= 0.6 is 0 Å². The molecular formula is C18H18N4O3S. The van der Waals surface area contributed by atoms with E-state index in [0.29, 0.717) is 29.1 Å². The number of hydrogen-bond acceptors (Lipinski definition) is 6. The minimum Gasteiger partial charge on any atom is -0.339 e. The molecule has 1 fully saturated rings. The van der Waals surface area contributed by atoms with Crippen LogP contribution in [0.4, 0.5) is 11.5 Å². The molecule has 8 heteroatoms. The molecule has 3 rings (SSSR count). The molecule has 1 aliphatic rings. The number of para-hydroxylation sites is 1. The van der Waals surface area contributed by atoms with Gasteiger partial charge in [0, 0.05) is 19.3 Å². The summed E-state index contributed by atoms with van der Waals surface area (Å²) in [5.41, 5.74) is 1.52. The summed E-state index contributed by atoms with van der Waals surface area (Å²) in [6, 6.07) is 12.1. The largest absolute Gasteiger partial charge is 0.339 e. The zero-order chi connectivity index (χ0) is 18.7. The van der Waals surface area contributed by atoms with Crippen LogP contribution in [0.15, 0.2) is 42.6 Å². The normalized spacial score (nSPS) is 18.1. The smallest absolute Gasteiger partial charge is 0.255 e. The molecule has 1 unspecified atom stereocenters. The Bertz CT molecular complexity index is 965. The Hall–Kier alpha value is -2.92. The second-order valence-electron chi connectivity index (χ2n) is 6.19. The topological polar surface area (TPSA) is 103 Å². The first-order chi connectivity index (χ1) is 12.4. The fraction of sp³-hybridized carbons (Fsp3) is 0.278. The molecular weight excluding hydrogens is 352 g/mol. The molecule has 1 N–H and O–H groups in total. The van der Waals surface area contributed by atoms with Crippen LogP contribution in [0.2, 0.25) is 0 Å². The Balaban J connectivity index is 1.71. The van der Waals surface area contributed by atoms with E-state index in [0.717, 1.165) is 0 Å². The van der Waals surface area contributed by atoms with Gasteiger partial charge in [-0.2, -0.15) is 5.26 Å². The Morgan fingerprint density at radius 2 is 2.08 bits per heavy atom. The van der Waals surface area contributed by atoms with E-state index in [2.05, 4.69) is 16.4 Å². The highest BCUT2D eigenvalue weighted by Gasteiger charge is 2.33. The maximum atomic E-state index is 12.5. The molecule has 0 aliphatic carbocycles. The molecule has 0 radical (unpaired) electrons. The van der Waals surface area contributed by atoms with Crippen molar-refractivity contribution in [3.63, 3.8) is 0 Å². The number of nitriles is 1. The standard InChI is InChI=1S/C18H18N4O3S/c1-22(15-8-9-26(24,25)12-15)18(23)14-6-7-17(20-11-14)21-16-5-3-2-4-13(16)10-19/h2-7,11,15H,8-9,12H2,1H3,(H,20,21). The van der Waals surface area contributed by atoms with Crippen LogP contribution in [0, 0.1) is 11.3 Å². The summed E-state index contributed by atoms with van der Waals surface area (Å²) in [5, 5.41) is 12.2. The fourth-order valence-corrected chi connectivity index (χ4v) is 4.65. The molecule has 1 aromatic heterocycles. The monoisotopic (exact) mass is 370 g/mol. The van der Waals surface area contributed by atoms with Crippen LogP contribution in [0.1, 0.15) is 22.3 Å². The van der Waals surface area contributed by atoms with Crippen molar-refractivity contribution in [2.75, 3.05) is 23.9 Å². The van der Waals surface area contributed by atoms with Crippen LogP contribution in [-0.4, -0.2) is 48.8 Å². The number of aromatic nitrogens is 1. The summed E-state index contributed by atoms with van der Waals surface area (Å²) >= 11 is 0. The third-order valence-corrected chi connectivity index (χ3v) is 6.15. The Morgan fingerprint density at radius 1 is 1.31 bits per heavy atom. The van der Waals surface area contributed by atoms with Gasteiger partial charge < -0.3 is 10.2 Å². The van der Waals surface area contributed by atoms with Gasteiger partial charge in [0.2, 0.25) is 0 Å². The maximum absolute atomic E-state index is 12.5. The van der Waals surface area contributed by atoms with Gasteiger partial charge in [0.15, 0.2) is 9.84 Å². The van der Waals surface area contributed by atoms with Gasteiger partial charge >= 0.3 is 0 Å². The molecule has 0 saturated carbocycles. The Morgan fingerprint density at radius 3 is 2.69 bits per heavy atom. The van der Waals surface area contributed by atoms with E-state index in [1.165, 1.54) is 11.1 Å². The number of nitrogens with zero attached hydrogens (tertiary/aromatic N) is 3. The van der Waals surface area contributed by atoms with Crippen LogP contribution in [0.5, 0.6) is 0 Å². The minimum absolute atomic E-state index is 0.00719. The lowest BCUT2D eigenvalue weighted by Crippen LogP contribution is -2.37. The number of benzene rings is 1. The van der Waals surface area contributed by atoms with Gasteiger partial charge in [-0.15, -0.1) is 0 Å². The molecule has 2 heterocycles.